The van der Waals surface area contributed by atoms with Crippen molar-refractivity contribution in [3.63, 3.8) is 0 Å². The number of hydrogen-bond acceptors (Lipinski definition) is 7. The molecule has 0 aliphatic rings. The minimum atomic E-state index is -1.40. The lowest BCUT2D eigenvalue weighted by molar-refractivity contribution is -0.304. The molecule has 144 valence electrons. The van der Waals surface area contributed by atoms with E-state index in [9.17, 15) is 19.5 Å². The summed E-state index contributed by atoms with van der Waals surface area (Å²) < 4.78 is 15.7. The highest BCUT2D eigenvalue weighted by molar-refractivity contribution is 5.93. The highest BCUT2D eigenvalue weighted by Gasteiger charge is 2.10. The summed E-state index contributed by atoms with van der Waals surface area (Å²) in [6.07, 6.45) is 0. The average molecular weight is 382 g/mol. The molecule has 1 aromatic heterocycles. The number of carbonyl (C=O) groups is 2. The quantitative estimate of drug-likeness (QED) is 0.598. The maximum Gasteiger partial charge on any atom is 0.336 e. The van der Waals surface area contributed by atoms with Crippen molar-refractivity contribution in [1.29, 1.82) is 0 Å². The Balaban J connectivity index is 1.85. The summed E-state index contributed by atoms with van der Waals surface area (Å²) in [5.41, 5.74) is 1.27. The van der Waals surface area contributed by atoms with E-state index < -0.39 is 24.0 Å². The van der Waals surface area contributed by atoms with Crippen molar-refractivity contribution in [3.05, 3.63) is 59.0 Å². The molecule has 2 aromatic carbocycles. The van der Waals surface area contributed by atoms with Gasteiger partial charge in [-0.2, -0.15) is 0 Å². The third-order valence-electron chi connectivity index (χ3n) is 3.92. The first-order valence-electron chi connectivity index (χ1n) is 8.28. The fourth-order valence-electron chi connectivity index (χ4n) is 2.61. The molecule has 1 amide bonds. The number of nitrogens with one attached hydrogen (secondary N) is 1. The van der Waals surface area contributed by atoms with E-state index in [1.807, 2.05) is 12.1 Å². The van der Waals surface area contributed by atoms with Crippen LogP contribution in [0.5, 0.6) is 11.5 Å². The van der Waals surface area contributed by atoms with Crippen molar-refractivity contribution in [2.24, 2.45) is 0 Å². The number of aliphatic carboxylic acids is 1. The molecule has 0 bridgehead atoms. The van der Waals surface area contributed by atoms with Gasteiger partial charge in [-0.25, -0.2) is 4.79 Å². The first-order chi connectivity index (χ1) is 13.5. The summed E-state index contributed by atoms with van der Waals surface area (Å²) in [4.78, 5) is 33.8. The lowest BCUT2D eigenvalue weighted by Crippen LogP contribution is -2.39. The maximum absolute atomic E-state index is 12.0. The van der Waals surface area contributed by atoms with Crippen LogP contribution in [-0.4, -0.2) is 32.1 Å². The average Bonchev–Trinajstić information content (AvgIpc) is 2.69. The number of carboxylic acids is 1. The number of methoxy groups -OCH3 is 1. The van der Waals surface area contributed by atoms with E-state index in [1.165, 1.54) is 12.1 Å². The van der Waals surface area contributed by atoms with Crippen LogP contribution in [0, 0.1) is 0 Å². The first-order valence-corrected chi connectivity index (χ1v) is 8.28. The summed E-state index contributed by atoms with van der Waals surface area (Å²) in [5, 5.41) is 13.1. The van der Waals surface area contributed by atoms with Crippen LogP contribution in [0.4, 0.5) is 0 Å². The molecule has 1 N–H and O–H groups in total. The number of benzene rings is 2. The van der Waals surface area contributed by atoms with Crippen molar-refractivity contribution in [2.45, 2.75) is 0 Å². The molecule has 3 rings (SSSR count). The van der Waals surface area contributed by atoms with E-state index in [0.717, 1.165) is 5.56 Å². The zero-order valence-corrected chi connectivity index (χ0v) is 14.9. The van der Waals surface area contributed by atoms with Gasteiger partial charge in [0.05, 0.1) is 19.6 Å². The van der Waals surface area contributed by atoms with Gasteiger partial charge in [-0.15, -0.1) is 0 Å². The van der Waals surface area contributed by atoms with Crippen molar-refractivity contribution in [3.8, 4) is 22.6 Å². The van der Waals surface area contributed by atoms with E-state index >= 15 is 0 Å². The van der Waals surface area contributed by atoms with Crippen LogP contribution in [0.15, 0.2) is 57.7 Å². The Morgan fingerprint density at radius 1 is 1.07 bits per heavy atom. The lowest BCUT2D eigenvalue weighted by Gasteiger charge is -2.10. The Bertz CT molecular complexity index is 1070. The number of amides is 1. The number of rotatable bonds is 7. The van der Waals surface area contributed by atoms with Gasteiger partial charge in [-0.1, -0.05) is 12.1 Å². The van der Waals surface area contributed by atoms with E-state index in [4.69, 9.17) is 13.9 Å². The maximum atomic E-state index is 12.0. The van der Waals surface area contributed by atoms with Gasteiger partial charge in [-0.3, -0.25) is 4.79 Å². The van der Waals surface area contributed by atoms with Crippen molar-refractivity contribution >= 4 is 22.8 Å². The molecule has 3 aromatic rings. The summed E-state index contributed by atoms with van der Waals surface area (Å²) in [6.45, 7) is -0.985. The molecule has 8 nitrogen and oxygen atoms in total. The van der Waals surface area contributed by atoms with Gasteiger partial charge >= 0.3 is 5.63 Å². The van der Waals surface area contributed by atoms with Gasteiger partial charge in [0.15, 0.2) is 6.61 Å². The first kappa shape index (κ1) is 19.0. The minimum absolute atomic E-state index is 0.297. The van der Waals surface area contributed by atoms with Crippen LogP contribution >= 0.6 is 0 Å². The predicted molar refractivity (Wildman–Crippen MR) is 98.0 cm³/mol. The third-order valence-corrected chi connectivity index (χ3v) is 3.92. The van der Waals surface area contributed by atoms with Crippen LogP contribution < -0.4 is 25.5 Å². The Morgan fingerprint density at radius 3 is 2.46 bits per heavy atom. The van der Waals surface area contributed by atoms with Gasteiger partial charge in [0.1, 0.15) is 17.1 Å². The van der Waals surface area contributed by atoms with Crippen LogP contribution in [0.2, 0.25) is 0 Å². The fraction of sp³-hybridized carbons (Fsp3) is 0.150. The standard InChI is InChI=1S/C20H17NO7/c1-26-13-4-2-12(3-5-13)16-9-20(25)28-17-8-14(6-7-15(16)17)27-11-18(22)21-10-19(23)24/h2-9H,10-11H2,1H3,(H,21,22)(H,23,24)/p-1. The fourth-order valence-corrected chi connectivity index (χ4v) is 2.61. The van der Waals surface area contributed by atoms with E-state index in [0.29, 0.717) is 28.0 Å². The molecule has 0 spiro atoms. The lowest BCUT2D eigenvalue weighted by atomic mass is 10.0. The summed E-state index contributed by atoms with van der Waals surface area (Å²) in [7, 11) is 1.57. The minimum Gasteiger partial charge on any atom is -0.548 e. The number of hydrogen-bond donors (Lipinski definition) is 1. The van der Waals surface area contributed by atoms with Crippen molar-refractivity contribution in [2.75, 3.05) is 20.3 Å². The Morgan fingerprint density at radius 2 is 1.79 bits per heavy atom. The molecule has 0 aliphatic carbocycles. The SMILES string of the molecule is COc1ccc(-c2cc(=O)oc3cc(OCC(=O)NCC(=O)[O-])ccc23)cc1. The number of carboxylic acid groups (broad SMARTS) is 1. The van der Waals surface area contributed by atoms with Gasteiger partial charge < -0.3 is 29.1 Å². The molecule has 0 atom stereocenters. The van der Waals surface area contributed by atoms with Crippen molar-refractivity contribution in [1.82, 2.24) is 5.32 Å². The highest BCUT2D eigenvalue weighted by atomic mass is 16.5. The second-order valence-corrected chi connectivity index (χ2v) is 5.80. The Kier molecular flexibility index (Phi) is 5.59. The molecule has 0 saturated heterocycles. The predicted octanol–water partition coefficient (Wildman–Crippen LogP) is 0.713. The van der Waals surface area contributed by atoms with E-state index in [1.54, 1.807) is 31.4 Å². The largest absolute Gasteiger partial charge is 0.548 e. The Hall–Kier alpha value is -3.81. The van der Waals surface area contributed by atoms with Crippen LogP contribution in [0.3, 0.4) is 0 Å². The van der Waals surface area contributed by atoms with Gasteiger partial charge in [-0.05, 0) is 35.4 Å². The van der Waals surface area contributed by atoms with Gasteiger partial charge in [0, 0.05) is 17.5 Å². The van der Waals surface area contributed by atoms with Crippen LogP contribution in [0.1, 0.15) is 0 Å². The van der Waals surface area contributed by atoms with Crippen molar-refractivity contribution < 1.29 is 28.6 Å². The number of fused-ring (bicyclic) bond motifs is 1. The molecule has 0 unspecified atom stereocenters. The Labute approximate surface area is 159 Å². The topological polar surface area (TPSA) is 118 Å². The zero-order valence-electron chi connectivity index (χ0n) is 14.9. The third kappa shape index (κ3) is 4.47. The molecule has 0 saturated carbocycles. The molecule has 8 heteroatoms. The highest BCUT2D eigenvalue weighted by Crippen LogP contribution is 2.30. The molecule has 28 heavy (non-hydrogen) atoms. The van der Waals surface area contributed by atoms with E-state index in [2.05, 4.69) is 5.32 Å². The summed E-state index contributed by atoms with van der Waals surface area (Å²) in [5.74, 6) is -1.01. The normalized spacial score (nSPS) is 10.5. The number of carbonyl (C=O) groups excluding carboxylic acids is 2. The molecule has 0 radical (unpaired) electrons. The van der Waals surface area contributed by atoms with E-state index in [-0.39, 0.29) is 6.61 Å². The number of ether oxygens (including phenoxy) is 2. The second kappa shape index (κ2) is 8.26. The molecular formula is C20H16NO7-. The van der Waals surface area contributed by atoms with Crippen LogP contribution in [-0.2, 0) is 9.59 Å². The van der Waals surface area contributed by atoms with Gasteiger partial charge in [0.2, 0.25) is 0 Å². The monoisotopic (exact) mass is 382 g/mol. The van der Waals surface area contributed by atoms with Gasteiger partial charge in [0.25, 0.3) is 5.91 Å². The molecular weight excluding hydrogens is 366 g/mol. The summed E-state index contributed by atoms with van der Waals surface area (Å²) >= 11 is 0. The smallest absolute Gasteiger partial charge is 0.336 e. The molecule has 0 fully saturated rings. The molecule has 0 aliphatic heterocycles. The van der Waals surface area contributed by atoms with Crippen LogP contribution in [0.25, 0.3) is 22.1 Å². The summed E-state index contributed by atoms with van der Waals surface area (Å²) in [6, 6.07) is 13.5. The zero-order chi connectivity index (χ0) is 20.1. The molecule has 1 heterocycles. The second-order valence-electron chi connectivity index (χ2n) is 5.80.